The molecule has 3 nitrogen and oxygen atoms in total. The van der Waals surface area contributed by atoms with Crippen molar-refractivity contribution in [2.45, 2.75) is 38.5 Å². The summed E-state index contributed by atoms with van der Waals surface area (Å²) in [4.78, 5) is 12.5. The lowest BCUT2D eigenvalue weighted by atomic mass is 9.85. The maximum absolute atomic E-state index is 12.5. The highest BCUT2D eigenvalue weighted by molar-refractivity contribution is 9.10. The Bertz CT molecular complexity index is 479. The van der Waals surface area contributed by atoms with Crippen molar-refractivity contribution in [3.8, 4) is 11.5 Å². The molecule has 0 atom stereocenters. The summed E-state index contributed by atoms with van der Waals surface area (Å²) in [6.45, 7) is 0. The smallest absolute Gasteiger partial charge is 0.164 e. The summed E-state index contributed by atoms with van der Waals surface area (Å²) >= 11 is 3.46. The predicted molar refractivity (Wildman–Crippen MR) is 82.8 cm³/mol. The van der Waals surface area contributed by atoms with Gasteiger partial charge in [-0.25, -0.2) is 0 Å². The Morgan fingerprint density at radius 3 is 2.35 bits per heavy atom. The monoisotopic (exact) mass is 340 g/mol. The molecular formula is C16H21BrO3. The highest BCUT2D eigenvalue weighted by Crippen LogP contribution is 2.35. The van der Waals surface area contributed by atoms with Gasteiger partial charge in [-0.15, -0.1) is 0 Å². The largest absolute Gasteiger partial charge is 0.493 e. The molecule has 0 saturated heterocycles. The Hall–Kier alpha value is -1.03. The van der Waals surface area contributed by atoms with Crippen molar-refractivity contribution in [1.29, 1.82) is 0 Å². The number of rotatable bonds is 5. The molecule has 0 amide bonds. The molecule has 20 heavy (non-hydrogen) atoms. The molecule has 1 aliphatic carbocycles. The Labute approximate surface area is 128 Å². The minimum atomic E-state index is 0.185. The minimum absolute atomic E-state index is 0.185. The van der Waals surface area contributed by atoms with Gasteiger partial charge in [-0.2, -0.15) is 0 Å². The van der Waals surface area contributed by atoms with Crippen LogP contribution in [0.4, 0.5) is 0 Å². The number of ketones is 1. The summed E-state index contributed by atoms with van der Waals surface area (Å²) in [6.07, 6.45) is 6.81. The standard InChI is InChI=1S/C16H21BrO3/c1-19-15-9-12(13(17)10-16(15)20-2)14(18)8-11-6-4-3-5-7-11/h9-11H,3-8H2,1-2H3. The van der Waals surface area contributed by atoms with Crippen molar-refractivity contribution in [3.63, 3.8) is 0 Å². The molecule has 1 saturated carbocycles. The summed E-state index contributed by atoms with van der Waals surface area (Å²) < 4.78 is 11.3. The number of hydrogen-bond donors (Lipinski definition) is 0. The van der Waals surface area contributed by atoms with Crippen LogP contribution < -0.4 is 9.47 Å². The SMILES string of the molecule is COc1cc(Br)c(C(=O)CC2CCCCC2)cc1OC. The zero-order valence-corrected chi connectivity index (χ0v) is 13.7. The Morgan fingerprint density at radius 2 is 1.75 bits per heavy atom. The van der Waals surface area contributed by atoms with Gasteiger partial charge in [0.05, 0.1) is 14.2 Å². The van der Waals surface area contributed by atoms with Crippen molar-refractivity contribution < 1.29 is 14.3 Å². The van der Waals surface area contributed by atoms with Gasteiger partial charge in [-0.3, -0.25) is 4.79 Å². The van der Waals surface area contributed by atoms with Crippen LogP contribution in [0.3, 0.4) is 0 Å². The minimum Gasteiger partial charge on any atom is -0.493 e. The number of Topliss-reactive ketones (excluding diaryl/α,β-unsaturated/α-hetero) is 1. The van der Waals surface area contributed by atoms with E-state index in [1.165, 1.54) is 32.1 Å². The Kier molecular flexibility index (Phi) is 5.46. The van der Waals surface area contributed by atoms with Crippen LogP contribution in [0.15, 0.2) is 16.6 Å². The molecule has 1 aromatic carbocycles. The van der Waals surface area contributed by atoms with Gasteiger partial charge in [0.1, 0.15) is 0 Å². The molecule has 1 aliphatic rings. The van der Waals surface area contributed by atoms with Gasteiger partial charge in [-0.1, -0.05) is 32.1 Å². The third kappa shape index (κ3) is 3.54. The Balaban J connectivity index is 2.16. The summed E-state index contributed by atoms with van der Waals surface area (Å²) in [7, 11) is 3.18. The predicted octanol–water partition coefficient (Wildman–Crippen LogP) is 4.62. The van der Waals surface area contributed by atoms with Crippen molar-refractivity contribution >= 4 is 21.7 Å². The average molecular weight is 341 g/mol. The van der Waals surface area contributed by atoms with Crippen LogP contribution in [0.2, 0.25) is 0 Å². The van der Waals surface area contributed by atoms with E-state index in [2.05, 4.69) is 15.9 Å². The van der Waals surface area contributed by atoms with Gasteiger partial charge in [-0.05, 0) is 34.0 Å². The highest BCUT2D eigenvalue weighted by atomic mass is 79.9. The van der Waals surface area contributed by atoms with E-state index in [4.69, 9.17) is 9.47 Å². The second-order valence-corrected chi connectivity index (χ2v) is 6.17. The molecule has 0 aromatic heterocycles. The summed E-state index contributed by atoms with van der Waals surface area (Å²) in [6, 6.07) is 3.57. The van der Waals surface area contributed by atoms with Gasteiger partial charge in [0, 0.05) is 16.5 Å². The van der Waals surface area contributed by atoms with E-state index in [0.29, 0.717) is 29.4 Å². The summed E-state index contributed by atoms with van der Waals surface area (Å²) in [5.74, 6) is 1.96. The van der Waals surface area contributed by atoms with Crippen LogP contribution in [0.1, 0.15) is 48.9 Å². The van der Waals surface area contributed by atoms with Gasteiger partial charge < -0.3 is 9.47 Å². The van der Waals surface area contributed by atoms with Gasteiger partial charge in [0.15, 0.2) is 17.3 Å². The van der Waals surface area contributed by atoms with Crippen LogP contribution >= 0.6 is 15.9 Å². The van der Waals surface area contributed by atoms with E-state index in [9.17, 15) is 4.79 Å². The second-order valence-electron chi connectivity index (χ2n) is 5.32. The van der Waals surface area contributed by atoms with Crippen molar-refractivity contribution in [2.75, 3.05) is 14.2 Å². The van der Waals surface area contributed by atoms with Crippen LogP contribution in [0.5, 0.6) is 11.5 Å². The number of hydrogen-bond acceptors (Lipinski definition) is 3. The maximum Gasteiger partial charge on any atom is 0.164 e. The number of carbonyl (C=O) groups is 1. The first-order chi connectivity index (χ1) is 9.65. The number of halogens is 1. The molecule has 0 unspecified atom stereocenters. The van der Waals surface area contributed by atoms with Gasteiger partial charge >= 0.3 is 0 Å². The zero-order chi connectivity index (χ0) is 14.5. The molecule has 2 rings (SSSR count). The quantitative estimate of drug-likeness (QED) is 0.733. The molecule has 0 N–H and O–H groups in total. The van der Waals surface area contributed by atoms with Crippen LogP contribution in [-0.2, 0) is 0 Å². The average Bonchev–Trinajstić information content (AvgIpc) is 2.47. The maximum atomic E-state index is 12.5. The molecule has 1 fully saturated rings. The first-order valence-electron chi connectivity index (χ1n) is 7.10. The topological polar surface area (TPSA) is 35.5 Å². The highest BCUT2D eigenvalue weighted by Gasteiger charge is 2.21. The van der Waals surface area contributed by atoms with Gasteiger partial charge in [0.25, 0.3) is 0 Å². The van der Waals surface area contributed by atoms with Crippen molar-refractivity contribution in [1.82, 2.24) is 0 Å². The molecule has 0 radical (unpaired) electrons. The molecule has 0 bridgehead atoms. The lowest BCUT2D eigenvalue weighted by Gasteiger charge is -2.21. The van der Waals surface area contributed by atoms with E-state index < -0.39 is 0 Å². The number of methoxy groups -OCH3 is 2. The third-order valence-electron chi connectivity index (χ3n) is 3.97. The second kappa shape index (κ2) is 7.11. The van der Waals surface area contributed by atoms with Crippen molar-refractivity contribution in [2.24, 2.45) is 5.92 Å². The van der Waals surface area contributed by atoms with Crippen LogP contribution in [0.25, 0.3) is 0 Å². The van der Waals surface area contributed by atoms with E-state index >= 15 is 0 Å². The lowest BCUT2D eigenvalue weighted by Crippen LogP contribution is -2.13. The van der Waals surface area contributed by atoms with Crippen LogP contribution in [-0.4, -0.2) is 20.0 Å². The van der Waals surface area contributed by atoms with Crippen LogP contribution in [0, 0.1) is 5.92 Å². The Morgan fingerprint density at radius 1 is 1.15 bits per heavy atom. The molecule has 0 aliphatic heterocycles. The fourth-order valence-corrected chi connectivity index (χ4v) is 3.37. The third-order valence-corrected chi connectivity index (χ3v) is 4.63. The fourth-order valence-electron chi connectivity index (χ4n) is 2.83. The molecule has 0 heterocycles. The first kappa shape index (κ1) is 15.4. The normalized spacial score (nSPS) is 15.9. The molecule has 1 aromatic rings. The van der Waals surface area contributed by atoms with E-state index in [0.717, 1.165) is 4.47 Å². The number of benzene rings is 1. The number of ether oxygens (including phenoxy) is 2. The summed E-state index contributed by atoms with van der Waals surface area (Å²) in [5.41, 5.74) is 0.688. The molecular weight excluding hydrogens is 320 g/mol. The van der Waals surface area contributed by atoms with E-state index in [1.54, 1.807) is 26.4 Å². The lowest BCUT2D eigenvalue weighted by molar-refractivity contribution is 0.0949. The summed E-state index contributed by atoms with van der Waals surface area (Å²) in [5, 5.41) is 0. The zero-order valence-electron chi connectivity index (χ0n) is 12.1. The van der Waals surface area contributed by atoms with E-state index in [1.807, 2.05) is 0 Å². The molecule has 4 heteroatoms. The fraction of sp³-hybridized carbons (Fsp3) is 0.562. The van der Waals surface area contributed by atoms with Gasteiger partial charge in [0.2, 0.25) is 0 Å². The van der Waals surface area contributed by atoms with E-state index in [-0.39, 0.29) is 5.78 Å². The first-order valence-corrected chi connectivity index (χ1v) is 7.89. The molecule has 0 spiro atoms. The number of carbonyl (C=O) groups excluding carboxylic acids is 1. The van der Waals surface area contributed by atoms with Crippen molar-refractivity contribution in [3.05, 3.63) is 22.2 Å². The molecule has 110 valence electrons.